The topological polar surface area (TPSA) is 152 Å². The number of hydrogen-bond acceptors (Lipinski definition) is 7. The normalized spacial score (nSPS) is 21.6. The molecule has 0 bridgehead atoms. The minimum absolute atomic E-state index is 0.0996. The average Bonchev–Trinajstić information content (AvgIpc) is 2.92. The number of carbonyl (C=O) groups is 2. The summed E-state index contributed by atoms with van der Waals surface area (Å²) in [7, 11) is 3.33. The number of nitrogens with zero attached hydrogens (tertiary/aromatic N) is 8. The molecule has 0 radical (unpaired) electrons. The maximum atomic E-state index is 12.2. The van der Waals surface area contributed by atoms with Crippen molar-refractivity contribution in [1.29, 1.82) is 5.26 Å². The first kappa shape index (κ1) is 26.8. The van der Waals surface area contributed by atoms with Gasteiger partial charge in [0.1, 0.15) is 24.1 Å². The second kappa shape index (κ2) is 10.6. The number of amides is 2. The van der Waals surface area contributed by atoms with E-state index in [9.17, 15) is 20.0 Å². The number of hydrogen-bond donors (Lipinski definition) is 2. The maximum absolute atomic E-state index is 12.2. The number of guanidine groups is 1. The van der Waals surface area contributed by atoms with Crippen LogP contribution in [0.1, 0.15) is 35.5 Å². The molecule has 200 valence electrons. The molecule has 1 fully saturated rings. The van der Waals surface area contributed by atoms with Crippen LogP contribution in [-0.2, 0) is 13.0 Å². The molecule has 1 aromatic carbocycles. The Morgan fingerprint density at radius 1 is 1.26 bits per heavy atom. The fraction of sp³-hybridized carbons (Fsp3) is 0.462. The van der Waals surface area contributed by atoms with Crippen LogP contribution in [0.5, 0.6) is 0 Å². The number of rotatable bonds is 4. The van der Waals surface area contributed by atoms with Crippen molar-refractivity contribution in [1.82, 2.24) is 19.8 Å². The molecule has 0 spiro atoms. The van der Waals surface area contributed by atoms with E-state index >= 15 is 0 Å². The van der Waals surface area contributed by atoms with E-state index < -0.39 is 6.09 Å². The van der Waals surface area contributed by atoms with Crippen LogP contribution in [0.25, 0.3) is 0 Å². The highest BCUT2D eigenvalue weighted by atomic mass is 16.4. The van der Waals surface area contributed by atoms with Crippen molar-refractivity contribution in [3.63, 3.8) is 0 Å². The number of nitrogens with two attached hydrogens (primary N) is 1. The second-order valence-electron chi connectivity index (χ2n) is 10.2. The molecule has 1 saturated heterocycles. The fourth-order valence-electron chi connectivity index (χ4n) is 5.18. The molecule has 4 rings (SSSR count). The van der Waals surface area contributed by atoms with Crippen LogP contribution >= 0.6 is 0 Å². The number of benzene rings is 1. The summed E-state index contributed by atoms with van der Waals surface area (Å²) in [6, 6.07) is 5.42. The smallest absolute Gasteiger partial charge is 0.407 e. The van der Waals surface area contributed by atoms with Crippen LogP contribution in [-0.4, -0.2) is 93.6 Å². The lowest BCUT2D eigenvalue weighted by Crippen LogP contribution is -2.69. The number of carbonyl (C=O) groups excluding carboxylic acids is 1. The lowest BCUT2D eigenvalue weighted by atomic mass is 9.96. The molecule has 2 amide bonds. The molecule has 2 unspecified atom stereocenters. The number of aromatic nitrogens is 2. The second-order valence-corrected chi connectivity index (χ2v) is 10.2. The molecule has 3 N–H and O–H groups in total. The number of carboxylic acid groups (broad SMARTS) is 1. The van der Waals surface area contributed by atoms with Crippen LogP contribution in [0.3, 0.4) is 0 Å². The van der Waals surface area contributed by atoms with Gasteiger partial charge in [0, 0.05) is 33.1 Å². The van der Waals surface area contributed by atoms with E-state index in [-0.39, 0.29) is 34.0 Å². The van der Waals surface area contributed by atoms with Gasteiger partial charge in [0.25, 0.3) is 5.91 Å². The van der Waals surface area contributed by atoms with Gasteiger partial charge in [-0.1, -0.05) is 26.0 Å². The Hall–Kier alpha value is -4.24. The molecule has 2 aromatic rings. The molecule has 38 heavy (non-hydrogen) atoms. The van der Waals surface area contributed by atoms with E-state index in [4.69, 9.17) is 10.7 Å². The third kappa shape index (κ3) is 4.97. The number of quaternary nitrogens is 1. The van der Waals surface area contributed by atoms with E-state index in [1.54, 1.807) is 20.3 Å². The molecule has 12 nitrogen and oxygen atoms in total. The highest BCUT2D eigenvalue weighted by Gasteiger charge is 2.49. The lowest BCUT2D eigenvalue weighted by Gasteiger charge is -2.45. The zero-order valence-electron chi connectivity index (χ0n) is 22.2. The summed E-state index contributed by atoms with van der Waals surface area (Å²) >= 11 is 0. The van der Waals surface area contributed by atoms with Crippen molar-refractivity contribution in [3.8, 4) is 6.19 Å². The van der Waals surface area contributed by atoms with Crippen molar-refractivity contribution < 1.29 is 19.2 Å². The van der Waals surface area contributed by atoms with Gasteiger partial charge in [0.05, 0.1) is 31.2 Å². The van der Waals surface area contributed by atoms with E-state index in [2.05, 4.69) is 34.9 Å². The van der Waals surface area contributed by atoms with Gasteiger partial charge in [0.2, 0.25) is 0 Å². The van der Waals surface area contributed by atoms with Gasteiger partial charge in [-0.2, -0.15) is 9.48 Å². The number of anilines is 1. The third-order valence-electron chi connectivity index (χ3n) is 7.39. The molecule has 1 aromatic heterocycles. The van der Waals surface area contributed by atoms with E-state index in [1.807, 2.05) is 18.2 Å². The van der Waals surface area contributed by atoms with Crippen molar-refractivity contribution in [2.45, 2.75) is 32.9 Å². The zero-order valence-corrected chi connectivity index (χ0v) is 22.2. The van der Waals surface area contributed by atoms with E-state index in [0.717, 1.165) is 11.1 Å². The fourth-order valence-corrected chi connectivity index (χ4v) is 5.18. The molecule has 0 aliphatic carbocycles. The quantitative estimate of drug-likeness (QED) is 0.269. The largest absolute Gasteiger partial charge is 0.465 e. The van der Waals surface area contributed by atoms with Crippen LogP contribution in [0, 0.1) is 17.4 Å². The predicted octanol–water partition coefficient (Wildman–Crippen LogP) is 2.00. The summed E-state index contributed by atoms with van der Waals surface area (Å²) in [5, 5.41) is 19.8. The van der Waals surface area contributed by atoms with Gasteiger partial charge in [-0.3, -0.25) is 4.79 Å². The Morgan fingerprint density at radius 2 is 2.03 bits per heavy atom. The SMILES string of the molecule is CC(C)C1CN(c2cnc(C(=O)N(C)C)cn2)CC[N+]1(C#N)C(N)=Nc1cccc2c1CCN(C(=O)O)C2. The maximum Gasteiger partial charge on any atom is 0.407 e. The number of piperazine rings is 1. The monoisotopic (exact) mass is 520 g/mol. The summed E-state index contributed by atoms with van der Waals surface area (Å²) < 4.78 is -0.121. The van der Waals surface area contributed by atoms with Gasteiger partial charge >= 0.3 is 18.2 Å². The highest BCUT2D eigenvalue weighted by molar-refractivity contribution is 5.91. The van der Waals surface area contributed by atoms with Crippen LogP contribution in [0.4, 0.5) is 16.3 Å². The summed E-state index contributed by atoms with van der Waals surface area (Å²) in [6.07, 6.45) is 5.12. The third-order valence-corrected chi connectivity index (χ3v) is 7.39. The van der Waals surface area contributed by atoms with Crippen LogP contribution in [0.15, 0.2) is 35.6 Å². The van der Waals surface area contributed by atoms with E-state index in [1.165, 1.54) is 16.0 Å². The lowest BCUT2D eigenvalue weighted by molar-refractivity contribution is -0.809. The van der Waals surface area contributed by atoms with Crippen molar-refractivity contribution >= 4 is 29.5 Å². The Balaban J connectivity index is 1.61. The first-order valence-corrected chi connectivity index (χ1v) is 12.6. The summed E-state index contributed by atoms with van der Waals surface area (Å²) in [5.41, 5.74) is 9.44. The van der Waals surface area contributed by atoms with Gasteiger partial charge < -0.3 is 25.5 Å². The van der Waals surface area contributed by atoms with Crippen molar-refractivity contribution in [3.05, 3.63) is 47.4 Å². The molecule has 3 heterocycles. The predicted molar refractivity (Wildman–Crippen MR) is 141 cm³/mol. The summed E-state index contributed by atoms with van der Waals surface area (Å²) in [4.78, 5) is 42.0. The van der Waals surface area contributed by atoms with Gasteiger partial charge in [-0.15, -0.1) is 5.26 Å². The molecular formula is C26H34N9O3+. The molecule has 2 aliphatic rings. The number of aliphatic imine (C=N–C) groups is 1. The van der Waals surface area contributed by atoms with Crippen molar-refractivity contribution in [2.24, 2.45) is 16.6 Å². The minimum Gasteiger partial charge on any atom is -0.465 e. The molecule has 2 aliphatic heterocycles. The Bertz CT molecular complexity index is 1290. The van der Waals surface area contributed by atoms with Gasteiger partial charge in [-0.25, -0.2) is 14.8 Å². The molecule has 0 saturated carbocycles. The average molecular weight is 521 g/mol. The summed E-state index contributed by atoms with van der Waals surface area (Å²) in [5.74, 6) is 0.739. The minimum atomic E-state index is -0.945. The first-order valence-electron chi connectivity index (χ1n) is 12.6. The zero-order chi connectivity index (χ0) is 27.6. The molecule has 2 atom stereocenters. The van der Waals surface area contributed by atoms with Gasteiger partial charge in [-0.05, 0) is 23.6 Å². The Labute approximate surface area is 222 Å². The molecular weight excluding hydrogens is 486 g/mol. The van der Waals surface area contributed by atoms with Gasteiger partial charge in [0.15, 0.2) is 0 Å². The Morgan fingerprint density at radius 3 is 2.63 bits per heavy atom. The first-order chi connectivity index (χ1) is 18.1. The number of nitriles is 1. The summed E-state index contributed by atoms with van der Waals surface area (Å²) in [6.45, 7) is 6.21. The van der Waals surface area contributed by atoms with Crippen molar-refractivity contribution in [2.75, 3.05) is 45.2 Å². The van der Waals surface area contributed by atoms with Crippen LogP contribution < -0.4 is 10.6 Å². The standard InChI is InChI=1S/C26H33N9O3/c1-17(2)22-15-33(23-13-29-21(12-30-23)24(36)32(3)4)10-11-35(22,16-27)25(28)31-20-7-5-6-18-14-34(26(37)38)9-8-19(18)20/h5-7,12-13,17,22H,8-11,14-15H2,1-4H3,(H2-,28,31,37,38)/p+1. The highest BCUT2D eigenvalue weighted by Crippen LogP contribution is 2.32. The number of fused-ring (bicyclic) bond motifs is 1. The molecule has 12 heteroatoms. The van der Waals surface area contributed by atoms with Crippen LogP contribution in [0.2, 0.25) is 0 Å². The Kier molecular flexibility index (Phi) is 7.50. The van der Waals surface area contributed by atoms with E-state index in [0.29, 0.717) is 50.6 Å².